The predicted molar refractivity (Wildman–Crippen MR) is 108 cm³/mol. The van der Waals surface area contributed by atoms with Crippen LogP contribution in [0.25, 0.3) is 22.2 Å². The lowest BCUT2D eigenvalue weighted by Crippen LogP contribution is -2.30. The highest BCUT2D eigenvalue weighted by molar-refractivity contribution is 6.07. The summed E-state index contributed by atoms with van der Waals surface area (Å²) in [6.45, 7) is 5.29. The first kappa shape index (κ1) is 18.7. The van der Waals surface area contributed by atoms with Crippen LogP contribution in [0.4, 0.5) is 0 Å². The van der Waals surface area contributed by atoms with Crippen LogP contribution in [-0.2, 0) is 0 Å². The summed E-state index contributed by atoms with van der Waals surface area (Å²) >= 11 is 0. The number of ether oxygens (including phenoxy) is 2. The van der Waals surface area contributed by atoms with Gasteiger partial charge in [0.25, 0.3) is 5.91 Å². The predicted octanol–water partition coefficient (Wildman–Crippen LogP) is 4.40. The number of carbonyl (C=O) groups excluding carboxylic acids is 1. The second kappa shape index (κ2) is 8.08. The molecule has 0 atom stereocenters. The number of methoxy groups -OCH3 is 2. The van der Waals surface area contributed by atoms with E-state index in [9.17, 15) is 4.79 Å². The van der Waals surface area contributed by atoms with E-state index < -0.39 is 0 Å². The summed E-state index contributed by atoms with van der Waals surface area (Å²) in [5, 5.41) is 0.852. The van der Waals surface area contributed by atoms with Gasteiger partial charge in [0.05, 0.1) is 31.0 Å². The fourth-order valence-corrected chi connectivity index (χ4v) is 3.18. The van der Waals surface area contributed by atoms with E-state index >= 15 is 0 Å². The number of hydrogen-bond donors (Lipinski definition) is 0. The quantitative estimate of drug-likeness (QED) is 0.650. The van der Waals surface area contributed by atoms with E-state index in [2.05, 4.69) is 0 Å². The molecule has 0 aliphatic heterocycles. The molecule has 140 valence electrons. The zero-order valence-corrected chi connectivity index (χ0v) is 16.2. The maximum Gasteiger partial charge on any atom is 0.254 e. The van der Waals surface area contributed by atoms with Crippen LogP contribution in [0.3, 0.4) is 0 Å². The van der Waals surface area contributed by atoms with Crippen LogP contribution in [0.5, 0.6) is 11.5 Å². The first-order valence-electron chi connectivity index (χ1n) is 9.04. The number of amides is 1. The smallest absolute Gasteiger partial charge is 0.254 e. The van der Waals surface area contributed by atoms with Gasteiger partial charge in [0.2, 0.25) is 0 Å². The molecule has 0 unspecified atom stereocenters. The third-order valence-corrected chi connectivity index (χ3v) is 4.68. The summed E-state index contributed by atoms with van der Waals surface area (Å²) in [5.41, 5.74) is 2.95. The van der Waals surface area contributed by atoms with Crippen molar-refractivity contribution in [1.82, 2.24) is 9.88 Å². The maximum absolute atomic E-state index is 13.1. The largest absolute Gasteiger partial charge is 0.497 e. The van der Waals surface area contributed by atoms with Crippen molar-refractivity contribution >= 4 is 16.8 Å². The maximum atomic E-state index is 13.1. The molecule has 0 aliphatic carbocycles. The highest BCUT2D eigenvalue weighted by Crippen LogP contribution is 2.34. The Morgan fingerprint density at radius 3 is 2.41 bits per heavy atom. The van der Waals surface area contributed by atoms with Crippen molar-refractivity contribution in [2.45, 2.75) is 13.8 Å². The van der Waals surface area contributed by atoms with E-state index in [-0.39, 0.29) is 5.91 Å². The molecule has 1 aromatic heterocycles. The van der Waals surface area contributed by atoms with Crippen LogP contribution < -0.4 is 9.47 Å². The number of hydrogen-bond acceptors (Lipinski definition) is 4. The monoisotopic (exact) mass is 364 g/mol. The van der Waals surface area contributed by atoms with Gasteiger partial charge in [0, 0.05) is 30.1 Å². The molecule has 0 saturated heterocycles. The molecule has 0 aliphatic rings. The molecule has 0 saturated carbocycles. The first-order valence-corrected chi connectivity index (χ1v) is 9.04. The minimum atomic E-state index is 0.00679. The molecule has 0 spiro atoms. The molecule has 0 fully saturated rings. The Kier molecular flexibility index (Phi) is 5.60. The second-order valence-electron chi connectivity index (χ2n) is 6.12. The molecule has 0 bridgehead atoms. The summed E-state index contributed by atoms with van der Waals surface area (Å²) in [4.78, 5) is 19.7. The molecular formula is C22H24N2O3. The van der Waals surface area contributed by atoms with Gasteiger partial charge in [0.15, 0.2) is 0 Å². The minimum absolute atomic E-state index is 0.00679. The van der Waals surface area contributed by atoms with E-state index in [0.29, 0.717) is 35.8 Å². The van der Waals surface area contributed by atoms with Crippen LogP contribution in [0.15, 0.2) is 48.5 Å². The van der Waals surface area contributed by atoms with Gasteiger partial charge in [0.1, 0.15) is 11.5 Å². The fourth-order valence-electron chi connectivity index (χ4n) is 3.18. The van der Waals surface area contributed by atoms with Crippen LogP contribution in [0.2, 0.25) is 0 Å². The molecule has 3 rings (SSSR count). The standard InChI is InChI=1S/C22H24N2O3/c1-5-24(6-2)22(25)18-14-20(23-19-10-8-7-9-16(18)19)17-12-11-15(26-3)13-21(17)27-4/h7-14H,5-6H2,1-4H3. The van der Waals surface area contributed by atoms with Crippen molar-refractivity contribution in [3.05, 3.63) is 54.1 Å². The normalized spacial score (nSPS) is 10.7. The Morgan fingerprint density at radius 1 is 1.00 bits per heavy atom. The van der Waals surface area contributed by atoms with E-state index in [0.717, 1.165) is 16.5 Å². The Bertz CT molecular complexity index is 965. The number of carbonyl (C=O) groups is 1. The number of benzene rings is 2. The Balaban J connectivity index is 2.23. The zero-order chi connectivity index (χ0) is 19.4. The van der Waals surface area contributed by atoms with Crippen LogP contribution >= 0.6 is 0 Å². The molecule has 3 aromatic rings. The third kappa shape index (κ3) is 3.58. The summed E-state index contributed by atoms with van der Waals surface area (Å²) in [6.07, 6.45) is 0. The molecule has 0 radical (unpaired) electrons. The average Bonchev–Trinajstić information content (AvgIpc) is 2.73. The molecule has 27 heavy (non-hydrogen) atoms. The summed E-state index contributed by atoms with van der Waals surface area (Å²) < 4.78 is 10.8. The van der Waals surface area contributed by atoms with E-state index in [1.165, 1.54) is 0 Å². The Hall–Kier alpha value is -3.08. The van der Waals surface area contributed by atoms with Crippen LogP contribution in [0.1, 0.15) is 24.2 Å². The van der Waals surface area contributed by atoms with Gasteiger partial charge >= 0.3 is 0 Å². The number of aromatic nitrogens is 1. The lowest BCUT2D eigenvalue weighted by atomic mass is 10.0. The molecule has 0 N–H and O–H groups in total. The molecule has 2 aromatic carbocycles. The van der Waals surface area contributed by atoms with Crippen molar-refractivity contribution in [1.29, 1.82) is 0 Å². The van der Waals surface area contributed by atoms with E-state index in [4.69, 9.17) is 14.5 Å². The van der Waals surface area contributed by atoms with Gasteiger partial charge < -0.3 is 14.4 Å². The summed E-state index contributed by atoms with van der Waals surface area (Å²) in [7, 11) is 3.23. The molecule has 5 heteroatoms. The summed E-state index contributed by atoms with van der Waals surface area (Å²) in [6, 6.07) is 15.2. The number of para-hydroxylation sites is 1. The highest BCUT2D eigenvalue weighted by atomic mass is 16.5. The van der Waals surface area contributed by atoms with Gasteiger partial charge in [-0.2, -0.15) is 0 Å². The fraction of sp³-hybridized carbons (Fsp3) is 0.273. The molecule has 1 heterocycles. The van der Waals surface area contributed by atoms with Crippen molar-refractivity contribution < 1.29 is 14.3 Å². The lowest BCUT2D eigenvalue weighted by Gasteiger charge is -2.20. The summed E-state index contributed by atoms with van der Waals surface area (Å²) in [5.74, 6) is 1.36. The first-order chi connectivity index (χ1) is 13.1. The van der Waals surface area contributed by atoms with E-state index in [1.54, 1.807) is 14.2 Å². The number of fused-ring (bicyclic) bond motifs is 1. The van der Waals surface area contributed by atoms with Crippen LogP contribution in [0, 0.1) is 0 Å². The zero-order valence-electron chi connectivity index (χ0n) is 16.2. The van der Waals surface area contributed by atoms with Crippen molar-refractivity contribution in [2.75, 3.05) is 27.3 Å². The van der Waals surface area contributed by atoms with Gasteiger partial charge in [-0.15, -0.1) is 0 Å². The van der Waals surface area contributed by atoms with Gasteiger partial charge in [-0.1, -0.05) is 18.2 Å². The highest BCUT2D eigenvalue weighted by Gasteiger charge is 2.19. The van der Waals surface area contributed by atoms with Crippen molar-refractivity contribution in [3.8, 4) is 22.8 Å². The number of nitrogens with zero attached hydrogens (tertiary/aromatic N) is 2. The average molecular weight is 364 g/mol. The number of rotatable bonds is 6. The lowest BCUT2D eigenvalue weighted by molar-refractivity contribution is 0.0775. The molecule has 5 nitrogen and oxygen atoms in total. The second-order valence-corrected chi connectivity index (χ2v) is 6.12. The Morgan fingerprint density at radius 2 is 1.74 bits per heavy atom. The van der Waals surface area contributed by atoms with Crippen molar-refractivity contribution in [2.24, 2.45) is 0 Å². The SMILES string of the molecule is CCN(CC)C(=O)c1cc(-c2ccc(OC)cc2OC)nc2ccccc12. The van der Waals surface area contributed by atoms with E-state index in [1.807, 2.05) is 67.3 Å². The van der Waals surface area contributed by atoms with Crippen LogP contribution in [-0.4, -0.2) is 43.1 Å². The third-order valence-electron chi connectivity index (χ3n) is 4.68. The number of pyridine rings is 1. The van der Waals surface area contributed by atoms with Gasteiger partial charge in [-0.05, 0) is 38.1 Å². The minimum Gasteiger partial charge on any atom is -0.497 e. The Labute approximate surface area is 159 Å². The molecular weight excluding hydrogens is 340 g/mol. The molecule has 1 amide bonds. The van der Waals surface area contributed by atoms with Gasteiger partial charge in [-0.25, -0.2) is 4.98 Å². The topological polar surface area (TPSA) is 51.7 Å². The van der Waals surface area contributed by atoms with Gasteiger partial charge in [-0.3, -0.25) is 4.79 Å². The van der Waals surface area contributed by atoms with Crippen molar-refractivity contribution in [3.63, 3.8) is 0 Å².